The van der Waals surface area contributed by atoms with Crippen LogP contribution in [0.4, 0.5) is 0 Å². The van der Waals surface area contributed by atoms with Crippen LogP contribution in [0.5, 0.6) is 0 Å². The van der Waals surface area contributed by atoms with E-state index in [4.69, 9.17) is 10.5 Å². The Bertz CT molecular complexity index is 244. The van der Waals surface area contributed by atoms with Gasteiger partial charge in [0.2, 0.25) is 5.91 Å². The highest BCUT2D eigenvalue weighted by molar-refractivity contribution is 5.76. The Morgan fingerprint density at radius 2 is 1.94 bits per heavy atom. The highest BCUT2D eigenvalue weighted by Crippen LogP contribution is 2.25. The van der Waals surface area contributed by atoms with Crippen LogP contribution in [-0.4, -0.2) is 31.7 Å². The van der Waals surface area contributed by atoms with Gasteiger partial charge in [-0.05, 0) is 38.0 Å². The number of carbonyl (C=O) groups excluding carboxylic acids is 1. The molecular weight excluding hydrogens is 216 g/mol. The molecule has 1 aliphatic heterocycles. The number of nitrogens with two attached hydrogens (primary N) is 1. The largest absolute Gasteiger partial charge is 0.381 e. The Labute approximate surface area is 103 Å². The lowest BCUT2D eigenvalue weighted by Gasteiger charge is -2.25. The molecule has 17 heavy (non-hydrogen) atoms. The highest BCUT2D eigenvalue weighted by Gasteiger charge is 2.22. The van der Waals surface area contributed by atoms with Gasteiger partial charge in [-0.15, -0.1) is 0 Å². The average molecular weight is 240 g/mol. The van der Waals surface area contributed by atoms with Crippen molar-refractivity contribution in [2.24, 2.45) is 17.6 Å². The molecule has 2 aliphatic rings. The molecule has 98 valence electrons. The zero-order valence-electron chi connectivity index (χ0n) is 10.5. The third kappa shape index (κ3) is 4.28. The van der Waals surface area contributed by atoms with Crippen LogP contribution >= 0.6 is 0 Å². The molecule has 1 atom stereocenters. The fraction of sp³-hybridized carbons (Fsp3) is 0.923. The van der Waals surface area contributed by atoms with E-state index in [0.717, 1.165) is 51.9 Å². The van der Waals surface area contributed by atoms with Crippen molar-refractivity contribution in [3.8, 4) is 0 Å². The second-order valence-corrected chi connectivity index (χ2v) is 5.52. The summed E-state index contributed by atoms with van der Waals surface area (Å²) in [6.45, 7) is 2.44. The van der Waals surface area contributed by atoms with Crippen LogP contribution in [0.3, 0.4) is 0 Å². The standard InChI is InChI=1S/C13H24N2O2/c14-12-3-1-10(2-4-12)7-13(16)15-8-11-5-6-17-9-11/h10-12H,1-9,14H2,(H,15,16). The SMILES string of the molecule is NC1CCC(CC(=O)NCC2CCOC2)CC1. The summed E-state index contributed by atoms with van der Waals surface area (Å²) in [4.78, 5) is 11.8. The van der Waals surface area contributed by atoms with Crippen molar-refractivity contribution in [1.29, 1.82) is 0 Å². The first-order valence-electron chi connectivity index (χ1n) is 6.84. The molecule has 0 aromatic heterocycles. The van der Waals surface area contributed by atoms with Gasteiger partial charge < -0.3 is 15.8 Å². The van der Waals surface area contributed by atoms with Gasteiger partial charge in [-0.2, -0.15) is 0 Å². The summed E-state index contributed by atoms with van der Waals surface area (Å²) in [7, 11) is 0. The van der Waals surface area contributed by atoms with Gasteiger partial charge in [0.25, 0.3) is 0 Å². The number of amides is 1. The molecule has 0 radical (unpaired) electrons. The van der Waals surface area contributed by atoms with E-state index < -0.39 is 0 Å². The Kier molecular flexibility index (Phi) is 4.80. The van der Waals surface area contributed by atoms with Gasteiger partial charge in [0.05, 0.1) is 6.61 Å². The van der Waals surface area contributed by atoms with E-state index in [1.807, 2.05) is 0 Å². The predicted octanol–water partition coefficient (Wildman–Crippen LogP) is 1.05. The topological polar surface area (TPSA) is 64.4 Å². The van der Waals surface area contributed by atoms with E-state index in [9.17, 15) is 4.79 Å². The maximum atomic E-state index is 11.8. The second-order valence-electron chi connectivity index (χ2n) is 5.52. The second kappa shape index (κ2) is 6.36. The van der Waals surface area contributed by atoms with Crippen LogP contribution in [0.25, 0.3) is 0 Å². The molecule has 4 heteroatoms. The molecular formula is C13H24N2O2. The van der Waals surface area contributed by atoms with Gasteiger partial charge >= 0.3 is 0 Å². The van der Waals surface area contributed by atoms with Crippen molar-refractivity contribution in [1.82, 2.24) is 5.32 Å². The third-order valence-corrected chi connectivity index (χ3v) is 3.98. The van der Waals surface area contributed by atoms with Crippen molar-refractivity contribution in [3.63, 3.8) is 0 Å². The Morgan fingerprint density at radius 1 is 1.18 bits per heavy atom. The lowest BCUT2D eigenvalue weighted by Crippen LogP contribution is -2.33. The maximum Gasteiger partial charge on any atom is 0.220 e. The molecule has 1 unspecified atom stereocenters. The molecule has 0 aromatic rings. The summed E-state index contributed by atoms with van der Waals surface area (Å²) in [5.41, 5.74) is 5.85. The molecule has 2 rings (SSSR count). The van der Waals surface area contributed by atoms with E-state index in [-0.39, 0.29) is 5.91 Å². The molecule has 0 bridgehead atoms. The number of hydrogen-bond acceptors (Lipinski definition) is 3. The van der Waals surface area contributed by atoms with E-state index >= 15 is 0 Å². The van der Waals surface area contributed by atoms with Crippen LogP contribution in [0.15, 0.2) is 0 Å². The molecule has 2 fully saturated rings. The molecule has 0 aromatic carbocycles. The minimum atomic E-state index is 0.206. The van der Waals surface area contributed by atoms with Gasteiger partial charge in [0.15, 0.2) is 0 Å². The fourth-order valence-electron chi connectivity index (χ4n) is 2.73. The Morgan fingerprint density at radius 3 is 2.59 bits per heavy atom. The monoisotopic (exact) mass is 240 g/mol. The summed E-state index contributed by atoms with van der Waals surface area (Å²) in [5.74, 6) is 1.28. The van der Waals surface area contributed by atoms with Crippen molar-refractivity contribution in [2.45, 2.75) is 44.6 Å². The zero-order chi connectivity index (χ0) is 12.1. The van der Waals surface area contributed by atoms with Crippen LogP contribution in [0.1, 0.15) is 38.5 Å². The van der Waals surface area contributed by atoms with E-state index in [2.05, 4.69) is 5.32 Å². The lowest BCUT2D eigenvalue weighted by atomic mass is 9.84. The summed E-state index contributed by atoms with van der Waals surface area (Å²) >= 11 is 0. The van der Waals surface area contributed by atoms with E-state index in [1.165, 1.54) is 0 Å². The summed E-state index contributed by atoms with van der Waals surface area (Å²) in [5, 5.41) is 3.03. The van der Waals surface area contributed by atoms with Crippen LogP contribution in [0, 0.1) is 11.8 Å². The minimum absolute atomic E-state index is 0.206. The van der Waals surface area contributed by atoms with E-state index in [1.54, 1.807) is 0 Å². The normalized spacial score (nSPS) is 33.6. The van der Waals surface area contributed by atoms with Gasteiger partial charge in [-0.3, -0.25) is 4.79 Å². The third-order valence-electron chi connectivity index (χ3n) is 3.98. The average Bonchev–Trinajstić information content (AvgIpc) is 2.83. The molecule has 0 spiro atoms. The zero-order valence-corrected chi connectivity index (χ0v) is 10.5. The lowest BCUT2D eigenvalue weighted by molar-refractivity contribution is -0.122. The van der Waals surface area contributed by atoms with Gasteiger partial charge in [0, 0.05) is 31.5 Å². The highest BCUT2D eigenvalue weighted by atomic mass is 16.5. The summed E-state index contributed by atoms with van der Waals surface area (Å²) < 4.78 is 5.29. The summed E-state index contributed by atoms with van der Waals surface area (Å²) in [6, 6.07) is 0.366. The number of hydrogen-bond donors (Lipinski definition) is 2. The van der Waals surface area contributed by atoms with Crippen LogP contribution in [0.2, 0.25) is 0 Å². The molecule has 1 aliphatic carbocycles. The van der Waals surface area contributed by atoms with Gasteiger partial charge in [0.1, 0.15) is 0 Å². The fourth-order valence-corrected chi connectivity index (χ4v) is 2.73. The molecule has 1 amide bonds. The summed E-state index contributed by atoms with van der Waals surface area (Å²) in [6.07, 6.45) is 6.14. The quantitative estimate of drug-likeness (QED) is 0.772. The molecule has 3 N–H and O–H groups in total. The van der Waals surface area contributed by atoms with Crippen LogP contribution in [-0.2, 0) is 9.53 Å². The van der Waals surface area contributed by atoms with Crippen molar-refractivity contribution >= 4 is 5.91 Å². The Balaban J connectivity index is 1.60. The van der Waals surface area contributed by atoms with Crippen molar-refractivity contribution in [3.05, 3.63) is 0 Å². The first-order chi connectivity index (χ1) is 8.24. The first-order valence-corrected chi connectivity index (χ1v) is 6.84. The minimum Gasteiger partial charge on any atom is -0.381 e. The predicted molar refractivity (Wildman–Crippen MR) is 66.5 cm³/mol. The van der Waals surface area contributed by atoms with Gasteiger partial charge in [-0.1, -0.05) is 0 Å². The van der Waals surface area contributed by atoms with Crippen molar-refractivity contribution < 1.29 is 9.53 Å². The molecule has 1 saturated carbocycles. The number of carbonyl (C=O) groups is 1. The Hall–Kier alpha value is -0.610. The van der Waals surface area contributed by atoms with Gasteiger partial charge in [-0.25, -0.2) is 0 Å². The van der Waals surface area contributed by atoms with Crippen molar-refractivity contribution in [2.75, 3.05) is 19.8 Å². The molecule has 1 heterocycles. The number of ether oxygens (including phenoxy) is 1. The molecule has 1 saturated heterocycles. The molecule has 4 nitrogen and oxygen atoms in total. The number of nitrogens with one attached hydrogen (secondary N) is 1. The first kappa shape index (κ1) is 12.8. The maximum absolute atomic E-state index is 11.8. The smallest absolute Gasteiger partial charge is 0.220 e. The van der Waals surface area contributed by atoms with Crippen LogP contribution < -0.4 is 11.1 Å². The number of rotatable bonds is 4. The van der Waals surface area contributed by atoms with E-state index in [0.29, 0.717) is 24.3 Å².